The van der Waals surface area contributed by atoms with Crippen LogP contribution in [0.15, 0.2) is 0 Å². The Morgan fingerprint density at radius 3 is 2.00 bits per heavy atom. The van der Waals surface area contributed by atoms with Crippen LogP contribution in [0.2, 0.25) is 0 Å². The predicted molar refractivity (Wildman–Crippen MR) is 54.4 cm³/mol. The van der Waals surface area contributed by atoms with Crippen molar-refractivity contribution in [3.8, 4) is 0 Å². The molecule has 0 aliphatic rings. The highest BCUT2D eigenvalue weighted by atomic mass is 16.6. The molecule has 0 aromatic carbocycles. The van der Waals surface area contributed by atoms with Crippen LogP contribution in [0, 0.1) is 0 Å². The van der Waals surface area contributed by atoms with Gasteiger partial charge in [-0.2, -0.15) is 0 Å². The molecule has 0 rings (SSSR count). The Morgan fingerprint density at radius 1 is 1.13 bits per heavy atom. The molecule has 1 unspecified atom stereocenters. The minimum Gasteiger partial charge on any atom is -0.453 e. The van der Waals surface area contributed by atoms with Gasteiger partial charge in [0.25, 0.3) is 0 Å². The van der Waals surface area contributed by atoms with Crippen LogP contribution >= 0.6 is 0 Å². The highest BCUT2D eigenvalue weighted by Crippen LogP contribution is 2.06. The third kappa shape index (κ3) is 7.60. The van der Waals surface area contributed by atoms with Gasteiger partial charge in [-0.25, -0.2) is 9.59 Å². The molecular formula is C9H18N2O4. The van der Waals surface area contributed by atoms with Crippen LogP contribution in [0.1, 0.15) is 27.7 Å². The van der Waals surface area contributed by atoms with E-state index in [2.05, 4.69) is 15.4 Å². The Balaban J connectivity index is 3.92. The van der Waals surface area contributed by atoms with Crippen molar-refractivity contribution in [3.05, 3.63) is 0 Å². The summed E-state index contributed by atoms with van der Waals surface area (Å²) in [6.07, 6.45) is -1.75. The van der Waals surface area contributed by atoms with Crippen molar-refractivity contribution in [3.63, 3.8) is 0 Å². The van der Waals surface area contributed by atoms with Gasteiger partial charge in [-0.05, 0) is 27.7 Å². The minimum absolute atomic E-state index is 0.549. The number of carbonyl (C=O) groups is 2. The molecule has 0 radical (unpaired) electrons. The second-order valence-corrected chi connectivity index (χ2v) is 4.00. The number of rotatable bonds is 2. The molecule has 88 valence electrons. The number of hydrogen-bond donors (Lipinski definition) is 2. The van der Waals surface area contributed by atoms with Gasteiger partial charge in [-0.3, -0.25) is 0 Å². The summed E-state index contributed by atoms with van der Waals surface area (Å²) in [5.41, 5.74) is -0.560. The van der Waals surface area contributed by atoms with E-state index in [1.165, 1.54) is 7.11 Å². The van der Waals surface area contributed by atoms with Crippen molar-refractivity contribution in [2.24, 2.45) is 0 Å². The lowest BCUT2D eigenvalue weighted by Crippen LogP contribution is -2.47. The molecule has 0 saturated carbocycles. The molecule has 2 amide bonds. The number of hydrogen-bond acceptors (Lipinski definition) is 4. The Kier molecular flexibility index (Phi) is 4.90. The first kappa shape index (κ1) is 13.5. The van der Waals surface area contributed by atoms with E-state index in [0.29, 0.717) is 0 Å². The first-order valence-corrected chi connectivity index (χ1v) is 4.58. The first-order chi connectivity index (χ1) is 6.74. The molecule has 1 atom stereocenters. The van der Waals surface area contributed by atoms with Crippen molar-refractivity contribution >= 4 is 12.2 Å². The molecule has 0 spiro atoms. The largest absolute Gasteiger partial charge is 0.453 e. The maximum atomic E-state index is 11.2. The Hall–Kier alpha value is -1.46. The van der Waals surface area contributed by atoms with Gasteiger partial charge in [-0.15, -0.1) is 0 Å². The van der Waals surface area contributed by atoms with Gasteiger partial charge < -0.3 is 20.1 Å². The molecule has 6 nitrogen and oxygen atoms in total. The zero-order valence-electron chi connectivity index (χ0n) is 9.71. The van der Waals surface area contributed by atoms with Gasteiger partial charge in [0, 0.05) is 0 Å². The average Bonchev–Trinajstić information content (AvgIpc) is 1.99. The van der Waals surface area contributed by atoms with E-state index in [1.54, 1.807) is 27.7 Å². The van der Waals surface area contributed by atoms with E-state index in [-0.39, 0.29) is 0 Å². The topological polar surface area (TPSA) is 76.7 Å². The highest BCUT2D eigenvalue weighted by molar-refractivity contribution is 5.70. The summed E-state index contributed by atoms with van der Waals surface area (Å²) in [5, 5.41) is 4.80. The fourth-order valence-electron chi connectivity index (χ4n) is 0.756. The summed E-state index contributed by atoms with van der Waals surface area (Å²) in [6, 6.07) is 0. The van der Waals surface area contributed by atoms with Gasteiger partial charge in [0.1, 0.15) is 11.8 Å². The fourth-order valence-corrected chi connectivity index (χ4v) is 0.756. The first-order valence-electron chi connectivity index (χ1n) is 4.58. The number of methoxy groups -OCH3 is 1. The maximum absolute atomic E-state index is 11.2. The average molecular weight is 218 g/mol. The second kappa shape index (κ2) is 5.43. The Morgan fingerprint density at radius 2 is 1.60 bits per heavy atom. The van der Waals surface area contributed by atoms with Crippen LogP contribution in [-0.2, 0) is 9.47 Å². The number of alkyl carbamates (subject to hydrolysis) is 2. The summed E-state index contributed by atoms with van der Waals surface area (Å²) < 4.78 is 9.34. The molecule has 0 aromatic heterocycles. The van der Waals surface area contributed by atoms with Gasteiger partial charge in [0.05, 0.1) is 7.11 Å². The molecule has 0 aromatic rings. The second-order valence-electron chi connectivity index (χ2n) is 4.00. The van der Waals surface area contributed by atoms with Gasteiger partial charge >= 0.3 is 12.2 Å². The zero-order chi connectivity index (χ0) is 12.1. The maximum Gasteiger partial charge on any atom is 0.409 e. The Bertz CT molecular complexity index is 235. The van der Waals surface area contributed by atoms with Crippen LogP contribution in [0.3, 0.4) is 0 Å². The molecule has 0 bridgehead atoms. The summed E-state index contributed by atoms with van der Waals surface area (Å²) in [4.78, 5) is 22.0. The molecule has 0 fully saturated rings. The van der Waals surface area contributed by atoms with E-state index >= 15 is 0 Å². The molecular weight excluding hydrogens is 200 g/mol. The molecule has 6 heteroatoms. The molecule has 0 aliphatic carbocycles. The predicted octanol–water partition coefficient (Wildman–Crippen LogP) is 1.21. The van der Waals surface area contributed by atoms with Crippen LogP contribution < -0.4 is 10.6 Å². The van der Waals surface area contributed by atoms with Crippen molar-refractivity contribution in [2.45, 2.75) is 39.5 Å². The standard InChI is InChI=1S/C9H18N2O4/c1-6(10-7(12)14-5)11-8(13)15-9(2,3)4/h6H,1-5H3,(H,10,12)(H,11,13). The van der Waals surface area contributed by atoms with Gasteiger partial charge in [0.2, 0.25) is 0 Å². The summed E-state index contributed by atoms with van der Waals surface area (Å²) in [5.74, 6) is 0. The third-order valence-corrected chi connectivity index (χ3v) is 1.25. The van der Waals surface area contributed by atoms with Crippen LogP contribution in [-0.4, -0.2) is 31.1 Å². The van der Waals surface area contributed by atoms with E-state index < -0.39 is 24.0 Å². The summed E-state index contributed by atoms with van der Waals surface area (Å²) in [7, 11) is 1.25. The van der Waals surface area contributed by atoms with Gasteiger partial charge in [0.15, 0.2) is 0 Å². The quantitative estimate of drug-likeness (QED) is 0.683. The third-order valence-electron chi connectivity index (χ3n) is 1.25. The normalized spacial score (nSPS) is 12.6. The van der Waals surface area contributed by atoms with Crippen molar-refractivity contribution in [2.75, 3.05) is 7.11 Å². The zero-order valence-corrected chi connectivity index (χ0v) is 9.71. The van der Waals surface area contributed by atoms with Crippen LogP contribution in [0.25, 0.3) is 0 Å². The highest BCUT2D eigenvalue weighted by Gasteiger charge is 2.18. The lowest BCUT2D eigenvalue weighted by molar-refractivity contribution is 0.0500. The number of ether oxygens (including phenoxy) is 2. The number of carbonyl (C=O) groups excluding carboxylic acids is 2. The van der Waals surface area contributed by atoms with Crippen molar-refractivity contribution in [1.29, 1.82) is 0 Å². The molecule has 2 N–H and O–H groups in total. The van der Waals surface area contributed by atoms with E-state index in [4.69, 9.17) is 4.74 Å². The lowest BCUT2D eigenvalue weighted by Gasteiger charge is -2.22. The molecule has 0 saturated heterocycles. The SMILES string of the molecule is COC(=O)NC(C)NC(=O)OC(C)(C)C. The van der Waals surface area contributed by atoms with Crippen LogP contribution in [0.5, 0.6) is 0 Å². The smallest absolute Gasteiger partial charge is 0.409 e. The molecule has 0 heterocycles. The molecule has 15 heavy (non-hydrogen) atoms. The number of amides is 2. The van der Waals surface area contributed by atoms with Crippen molar-refractivity contribution < 1.29 is 19.1 Å². The van der Waals surface area contributed by atoms with Crippen molar-refractivity contribution in [1.82, 2.24) is 10.6 Å². The van der Waals surface area contributed by atoms with E-state index in [0.717, 1.165) is 0 Å². The fraction of sp³-hybridized carbons (Fsp3) is 0.778. The van der Waals surface area contributed by atoms with Gasteiger partial charge in [-0.1, -0.05) is 0 Å². The van der Waals surface area contributed by atoms with E-state index in [1.807, 2.05) is 0 Å². The lowest BCUT2D eigenvalue weighted by atomic mass is 10.2. The minimum atomic E-state index is -0.612. The Labute approximate surface area is 89.3 Å². The van der Waals surface area contributed by atoms with Crippen LogP contribution in [0.4, 0.5) is 9.59 Å². The van der Waals surface area contributed by atoms with E-state index in [9.17, 15) is 9.59 Å². The summed E-state index contributed by atoms with van der Waals surface area (Å²) in [6.45, 7) is 6.86. The monoisotopic (exact) mass is 218 g/mol. The summed E-state index contributed by atoms with van der Waals surface area (Å²) >= 11 is 0. The number of nitrogens with one attached hydrogen (secondary N) is 2. The molecule has 0 aliphatic heterocycles.